The average Bonchev–Trinajstić information content (AvgIpc) is 2.48. The van der Waals surface area contributed by atoms with Gasteiger partial charge in [-0.3, -0.25) is 4.79 Å². The maximum atomic E-state index is 11.4. The maximum Gasteiger partial charge on any atom is 0.238 e. The minimum Gasteiger partial charge on any atom is -0.503 e. The number of aromatic nitrogens is 1. The van der Waals surface area contributed by atoms with Gasteiger partial charge in [0, 0.05) is 18.8 Å². The number of hydrogen-bond acceptors (Lipinski definition) is 4. The maximum absolute atomic E-state index is 11.4. The number of aromatic hydroxyl groups is 1. The first-order valence-corrected chi connectivity index (χ1v) is 8.40. The molecule has 0 atom stereocenters. The summed E-state index contributed by atoms with van der Waals surface area (Å²) in [6.07, 6.45) is 2.84. The molecule has 0 spiro atoms. The summed E-state index contributed by atoms with van der Waals surface area (Å²) in [7, 11) is -3.68. The first kappa shape index (κ1) is 16.3. The van der Waals surface area contributed by atoms with Crippen LogP contribution in [-0.2, 0) is 29.4 Å². The predicted octanol–water partition coefficient (Wildman–Crippen LogP) is 1.01. The van der Waals surface area contributed by atoms with E-state index in [0.29, 0.717) is 25.1 Å². The van der Waals surface area contributed by atoms with Crippen molar-refractivity contribution in [3.8, 4) is 5.75 Å². The highest BCUT2D eigenvalue weighted by atomic mass is 32.2. The second-order valence-corrected chi connectivity index (χ2v) is 6.52. The van der Waals surface area contributed by atoms with Gasteiger partial charge < -0.3 is 9.67 Å². The molecule has 22 heavy (non-hydrogen) atoms. The fraction of sp³-hybridized carbons (Fsp3) is 0.267. The molecule has 0 radical (unpaired) electrons. The highest BCUT2D eigenvalue weighted by Gasteiger charge is 2.09. The molecule has 0 aliphatic carbocycles. The Morgan fingerprint density at radius 3 is 2.36 bits per heavy atom. The summed E-state index contributed by atoms with van der Waals surface area (Å²) in [5, 5.41) is 14.8. The van der Waals surface area contributed by atoms with E-state index < -0.39 is 10.0 Å². The van der Waals surface area contributed by atoms with Gasteiger partial charge in [0.2, 0.25) is 15.5 Å². The van der Waals surface area contributed by atoms with Crippen LogP contribution < -0.4 is 10.6 Å². The molecule has 1 aromatic carbocycles. The summed E-state index contributed by atoms with van der Waals surface area (Å²) in [5.74, 6) is -0.213. The normalized spacial score (nSPS) is 11.5. The Bertz CT molecular complexity index is 824. The van der Waals surface area contributed by atoms with Crippen molar-refractivity contribution < 1.29 is 13.5 Å². The first-order chi connectivity index (χ1) is 10.3. The Morgan fingerprint density at radius 1 is 1.18 bits per heavy atom. The Hall–Kier alpha value is -2.12. The van der Waals surface area contributed by atoms with Crippen LogP contribution in [0.2, 0.25) is 0 Å². The van der Waals surface area contributed by atoms with Crippen LogP contribution in [-0.4, -0.2) is 18.1 Å². The van der Waals surface area contributed by atoms with Gasteiger partial charge in [-0.05, 0) is 30.5 Å². The summed E-state index contributed by atoms with van der Waals surface area (Å²) >= 11 is 0. The third kappa shape index (κ3) is 3.55. The molecule has 1 aromatic heterocycles. The lowest BCUT2D eigenvalue weighted by atomic mass is 10.1. The molecule has 0 unspecified atom stereocenters. The van der Waals surface area contributed by atoms with Crippen molar-refractivity contribution in [3.05, 3.63) is 58.0 Å². The van der Waals surface area contributed by atoms with Gasteiger partial charge in [-0.15, -0.1) is 0 Å². The third-order valence-electron chi connectivity index (χ3n) is 3.49. The molecule has 0 saturated heterocycles. The standard InChI is InChI=1S/C15H18N2O4S/c1-2-13-15(19)14(18)8-10-17(13)9-7-11-3-5-12(6-4-11)22(16,20)21/h3-6,8,10,19H,2,7,9H2,1H3,(H2,16,20,21). The Labute approximate surface area is 128 Å². The monoisotopic (exact) mass is 322 g/mol. The van der Waals surface area contributed by atoms with Crippen LogP contribution >= 0.6 is 0 Å². The van der Waals surface area contributed by atoms with Crippen molar-refractivity contribution in [3.63, 3.8) is 0 Å². The number of rotatable bonds is 5. The smallest absolute Gasteiger partial charge is 0.238 e. The number of pyridine rings is 1. The summed E-state index contributed by atoms with van der Waals surface area (Å²) in [5.41, 5.74) is 1.15. The van der Waals surface area contributed by atoms with Crippen LogP contribution in [0.1, 0.15) is 18.2 Å². The number of hydrogen-bond donors (Lipinski definition) is 2. The van der Waals surface area contributed by atoms with Gasteiger partial charge in [-0.1, -0.05) is 19.1 Å². The number of nitrogens with two attached hydrogens (primary N) is 1. The molecule has 0 bridgehead atoms. The van der Waals surface area contributed by atoms with Crippen molar-refractivity contribution in [1.29, 1.82) is 0 Å². The lowest BCUT2D eigenvalue weighted by Crippen LogP contribution is -2.14. The fourth-order valence-electron chi connectivity index (χ4n) is 2.28. The topological polar surface area (TPSA) is 102 Å². The minimum atomic E-state index is -3.68. The molecule has 0 amide bonds. The van der Waals surface area contributed by atoms with E-state index >= 15 is 0 Å². The highest BCUT2D eigenvalue weighted by molar-refractivity contribution is 7.89. The van der Waals surface area contributed by atoms with Gasteiger partial charge in [0.1, 0.15) is 0 Å². The average molecular weight is 322 g/mol. The molecule has 3 N–H and O–H groups in total. The van der Waals surface area contributed by atoms with E-state index in [1.807, 2.05) is 11.5 Å². The van der Waals surface area contributed by atoms with Gasteiger partial charge in [0.15, 0.2) is 5.75 Å². The minimum absolute atomic E-state index is 0.0755. The van der Waals surface area contributed by atoms with E-state index in [1.165, 1.54) is 18.2 Å². The van der Waals surface area contributed by atoms with Crippen molar-refractivity contribution in [2.24, 2.45) is 5.14 Å². The zero-order valence-corrected chi connectivity index (χ0v) is 13.0. The van der Waals surface area contributed by atoms with Crippen molar-refractivity contribution >= 4 is 10.0 Å². The molecule has 6 nitrogen and oxygen atoms in total. The molecule has 0 fully saturated rings. The number of aryl methyl sites for hydroxylation is 2. The SMILES string of the molecule is CCc1c(O)c(=O)ccn1CCc1ccc(S(N)(=O)=O)cc1. The summed E-state index contributed by atoms with van der Waals surface area (Å²) < 4.78 is 24.2. The van der Waals surface area contributed by atoms with E-state index in [2.05, 4.69) is 0 Å². The molecule has 0 aliphatic heterocycles. The van der Waals surface area contributed by atoms with E-state index in [-0.39, 0.29) is 16.1 Å². The molecule has 2 aromatic rings. The van der Waals surface area contributed by atoms with E-state index in [1.54, 1.807) is 18.3 Å². The fourth-order valence-corrected chi connectivity index (χ4v) is 2.80. The molecular weight excluding hydrogens is 304 g/mol. The van der Waals surface area contributed by atoms with Crippen LogP contribution in [0.15, 0.2) is 46.2 Å². The quantitative estimate of drug-likeness (QED) is 0.857. The summed E-state index contributed by atoms with van der Waals surface area (Å²) in [6.45, 7) is 2.44. The summed E-state index contributed by atoms with van der Waals surface area (Å²) in [4.78, 5) is 11.5. The van der Waals surface area contributed by atoms with Gasteiger partial charge in [0.05, 0.1) is 10.6 Å². The van der Waals surface area contributed by atoms with E-state index in [4.69, 9.17) is 5.14 Å². The molecule has 2 rings (SSSR count). The van der Waals surface area contributed by atoms with Gasteiger partial charge in [-0.2, -0.15) is 0 Å². The number of primary sulfonamides is 1. The number of nitrogens with zero attached hydrogens (tertiary/aromatic N) is 1. The lowest BCUT2D eigenvalue weighted by molar-refractivity contribution is 0.448. The van der Waals surface area contributed by atoms with Crippen molar-refractivity contribution in [1.82, 2.24) is 4.57 Å². The zero-order valence-electron chi connectivity index (χ0n) is 12.2. The third-order valence-corrected chi connectivity index (χ3v) is 4.42. The Morgan fingerprint density at radius 2 is 1.82 bits per heavy atom. The van der Waals surface area contributed by atoms with Crippen LogP contribution in [0.4, 0.5) is 0 Å². The van der Waals surface area contributed by atoms with Crippen LogP contribution in [0.5, 0.6) is 5.75 Å². The lowest BCUT2D eigenvalue weighted by Gasteiger charge is -2.13. The highest BCUT2D eigenvalue weighted by Crippen LogP contribution is 2.14. The molecule has 118 valence electrons. The van der Waals surface area contributed by atoms with Crippen LogP contribution in [0.3, 0.4) is 0 Å². The zero-order chi connectivity index (χ0) is 16.3. The van der Waals surface area contributed by atoms with Crippen LogP contribution in [0.25, 0.3) is 0 Å². The Balaban J connectivity index is 2.17. The molecule has 0 aliphatic rings. The second-order valence-electron chi connectivity index (χ2n) is 4.96. The molecule has 0 saturated carbocycles. The van der Waals surface area contributed by atoms with E-state index in [9.17, 15) is 18.3 Å². The van der Waals surface area contributed by atoms with Gasteiger partial charge >= 0.3 is 0 Å². The van der Waals surface area contributed by atoms with Gasteiger partial charge in [-0.25, -0.2) is 13.6 Å². The van der Waals surface area contributed by atoms with Crippen molar-refractivity contribution in [2.75, 3.05) is 0 Å². The number of sulfonamides is 1. The Kier molecular flexibility index (Phi) is 4.68. The molecular formula is C15H18N2O4S. The summed E-state index contributed by atoms with van der Waals surface area (Å²) in [6, 6.07) is 7.67. The number of benzene rings is 1. The molecule has 1 heterocycles. The van der Waals surface area contributed by atoms with Gasteiger partial charge in [0.25, 0.3) is 0 Å². The van der Waals surface area contributed by atoms with Crippen LogP contribution in [0, 0.1) is 0 Å². The second kappa shape index (κ2) is 6.33. The largest absolute Gasteiger partial charge is 0.503 e. The van der Waals surface area contributed by atoms with E-state index in [0.717, 1.165) is 5.56 Å². The molecule has 7 heteroatoms. The first-order valence-electron chi connectivity index (χ1n) is 6.86. The van der Waals surface area contributed by atoms with Crippen molar-refractivity contribution in [2.45, 2.75) is 31.2 Å². The predicted molar refractivity (Wildman–Crippen MR) is 83.3 cm³/mol.